The second-order valence-electron chi connectivity index (χ2n) is 4.75. The molecule has 0 saturated carbocycles. The Morgan fingerprint density at radius 3 is 2.33 bits per heavy atom. The summed E-state index contributed by atoms with van der Waals surface area (Å²) in [5.41, 5.74) is 0. The van der Waals surface area contributed by atoms with Crippen molar-refractivity contribution in [1.29, 1.82) is 0 Å². The van der Waals surface area contributed by atoms with E-state index in [4.69, 9.17) is 9.84 Å². The number of aliphatic carboxylic acids is 1. The first-order valence-electron chi connectivity index (χ1n) is 6.97. The average Bonchev–Trinajstić information content (AvgIpc) is 2.30. The third kappa shape index (κ3) is 11.4. The molecule has 0 amide bonds. The molecule has 0 fully saturated rings. The quantitative estimate of drug-likeness (QED) is 0.455. The average molecular weight is 258 g/mol. The first-order chi connectivity index (χ1) is 8.56. The minimum atomic E-state index is -0.812. The zero-order valence-corrected chi connectivity index (χ0v) is 11.6. The minimum Gasteiger partial charge on any atom is -0.481 e. The van der Waals surface area contributed by atoms with Gasteiger partial charge < -0.3 is 9.84 Å². The van der Waals surface area contributed by atoms with Crippen molar-refractivity contribution < 1.29 is 19.4 Å². The molecule has 4 heteroatoms. The predicted octanol–water partition coefficient (Wildman–Crippen LogP) is 3.53. The number of unbranched alkanes of at least 4 members (excludes halogenated alkanes) is 4. The van der Waals surface area contributed by atoms with Crippen molar-refractivity contribution in [2.24, 2.45) is 0 Å². The summed E-state index contributed by atoms with van der Waals surface area (Å²) in [5, 5.41) is 8.45. The van der Waals surface area contributed by atoms with Gasteiger partial charge in [-0.2, -0.15) is 0 Å². The Morgan fingerprint density at radius 2 is 1.72 bits per heavy atom. The van der Waals surface area contributed by atoms with Crippen LogP contribution in [0.1, 0.15) is 71.6 Å². The van der Waals surface area contributed by atoms with E-state index in [-0.39, 0.29) is 18.5 Å². The largest absolute Gasteiger partial charge is 0.481 e. The number of ether oxygens (including phenoxy) is 1. The molecule has 0 heterocycles. The van der Waals surface area contributed by atoms with E-state index in [1.807, 2.05) is 6.92 Å². The van der Waals surface area contributed by atoms with Crippen LogP contribution in [0.5, 0.6) is 0 Å². The summed E-state index contributed by atoms with van der Waals surface area (Å²) in [7, 11) is 0. The van der Waals surface area contributed by atoms with E-state index < -0.39 is 5.97 Å². The molecule has 0 aromatic carbocycles. The van der Waals surface area contributed by atoms with E-state index in [0.717, 1.165) is 12.8 Å². The molecule has 0 spiro atoms. The van der Waals surface area contributed by atoms with Gasteiger partial charge in [0.1, 0.15) is 0 Å². The molecule has 0 bridgehead atoms. The monoisotopic (exact) mass is 258 g/mol. The number of rotatable bonds is 11. The van der Waals surface area contributed by atoms with Gasteiger partial charge in [-0.3, -0.25) is 9.59 Å². The van der Waals surface area contributed by atoms with Gasteiger partial charge in [0.05, 0.1) is 6.10 Å². The number of esters is 1. The van der Waals surface area contributed by atoms with Gasteiger partial charge in [0, 0.05) is 12.8 Å². The number of carboxylic acid groups (broad SMARTS) is 1. The Labute approximate surface area is 110 Å². The Hall–Kier alpha value is -1.06. The van der Waals surface area contributed by atoms with E-state index in [1.54, 1.807) is 0 Å². The smallest absolute Gasteiger partial charge is 0.306 e. The third-order valence-corrected chi connectivity index (χ3v) is 2.82. The van der Waals surface area contributed by atoms with Crippen molar-refractivity contribution in [3.8, 4) is 0 Å². The zero-order valence-electron chi connectivity index (χ0n) is 11.6. The Bertz CT molecular complexity index is 238. The molecule has 0 aliphatic heterocycles. The first-order valence-corrected chi connectivity index (χ1v) is 6.97. The molecule has 18 heavy (non-hydrogen) atoms. The van der Waals surface area contributed by atoms with Crippen molar-refractivity contribution >= 4 is 11.9 Å². The maximum absolute atomic E-state index is 11.4. The van der Waals surface area contributed by atoms with Crippen LogP contribution in [0.4, 0.5) is 0 Å². The molecule has 0 aromatic rings. The highest BCUT2D eigenvalue weighted by Crippen LogP contribution is 2.10. The molecule has 0 aliphatic carbocycles. The maximum Gasteiger partial charge on any atom is 0.306 e. The van der Waals surface area contributed by atoms with Gasteiger partial charge in [-0.1, -0.05) is 26.2 Å². The molecule has 1 atom stereocenters. The van der Waals surface area contributed by atoms with E-state index >= 15 is 0 Å². The van der Waals surface area contributed by atoms with Crippen LogP contribution < -0.4 is 0 Å². The van der Waals surface area contributed by atoms with Crippen LogP contribution in [-0.2, 0) is 14.3 Å². The van der Waals surface area contributed by atoms with Crippen molar-refractivity contribution in [2.75, 3.05) is 0 Å². The summed E-state index contributed by atoms with van der Waals surface area (Å²) in [6, 6.07) is 0. The van der Waals surface area contributed by atoms with E-state index in [1.165, 1.54) is 19.3 Å². The number of carbonyl (C=O) groups is 2. The molecule has 1 N–H and O–H groups in total. The van der Waals surface area contributed by atoms with Gasteiger partial charge in [-0.15, -0.1) is 0 Å². The predicted molar refractivity (Wildman–Crippen MR) is 70.4 cm³/mol. The molecule has 0 aliphatic rings. The summed E-state index contributed by atoms with van der Waals surface area (Å²) >= 11 is 0. The Balaban J connectivity index is 3.46. The van der Waals surface area contributed by atoms with E-state index in [9.17, 15) is 9.59 Å². The lowest BCUT2D eigenvalue weighted by molar-refractivity contribution is -0.149. The lowest BCUT2D eigenvalue weighted by Gasteiger charge is -2.12. The van der Waals surface area contributed by atoms with Gasteiger partial charge in [0.15, 0.2) is 0 Å². The summed E-state index contributed by atoms with van der Waals surface area (Å²) < 4.78 is 5.25. The van der Waals surface area contributed by atoms with Crippen LogP contribution in [0.15, 0.2) is 0 Å². The topological polar surface area (TPSA) is 63.6 Å². The van der Waals surface area contributed by atoms with Gasteiger partial charge in [-0.25, -0.2) is 0 Å². The molecule has 4 nitrogen and oxygen atoms in total. The summed E-state index contributed by atoms with van der Waals surface area (Å²) in [4.78, 5) is 21.7. The summed E-state index contributed by atoms with van der Waals surface area (Å²) in [6.45, 7) is 4.08. The second kappa shape index (κ2) is 11.1. The fourth-order valence-corrected chi connectivity index (χ4v) is 1.75. The Kier molecular flexibility index (Phi) is 10.4. The Morgan fingerprint density at radius 1 is 1.06 bits per heavy atom. The van der Waals surface area contributed by atoms with Crippen LogP contribution in [0.25, 0.3) is 0 Å². The number of hydrogen-bond donors (Lipinski definition) is 1. The van der Waals surface area contributed by atoms with Crippen LogP contribution in [-0.4, -0.2) is 23.1 Å². The summed E-state index contributed by atoms with van der Waals surface area (Å²) in [5.74, 6) is -1.02. The van der Waals surface area contributed by atoms with Crippen molar-refractivity contribution in [3.63, 3.8) is 0 Å². The third-order valence-electron chi connectivity index (χ3n) is 2.82. The van der Waals surface area contributed by atoms with Crippen LogP contribution in [0.2, 0.25) is 0 Å². The van der Waals surface area contributed by atoms with Gasteiger partial charge in [0.25, 0.3) is 0 Å². The SMILES string of the molecule is CCCCCCC(C)OC(=O)CCCCC(=O)O. The molecular weight excluding hydrogens is 232 g/mol. The summed E-state index contributed by atoms with van der Waals surface area (Å²) in [6.07, 6.45) is 7.20. The lowest BCUT2D eigenvalue weighted by atomic mass is 10.1. The fourth-order valence-electron chi connectivity index (χ4n) is 1.75. The molecule has 0 aromatic heterocycles. The fraction of sp³-hybridized carbons (Fsp3) is 0.857. The first kappa shape index (κ1) is 16.9. The molecular formula is C14H26O4. The van der Waals surface area contributed by atoms with Crippen molar-refractivity contribution in [1.82, 2.24) is 0 Å². The molecule has 0 radical (unpaired) electrons. The van der Waals surface area contributed by atoms with Crippen molar-refractivity contribution in [3.05, 3.63) is 0 Å². The van der Waals surface area contributed by atoms with Crippen LogP contribution in [0.3, 0.4) is 0 Å². The number of carboxylic acids is 1. The van der Waals surface area contributed by atoms with Gasteiger partial charge >= 0.3 is 11.9 Å². The number of hydrogen-bond acceptors (Lipinski definition) is 3. The standard InChI is InChI=1S/C14H26O4/c1-3-4-5-6-9-12(2)18-14(17)11-8-7-10-13(15)16/h12H,3-11H2,1-2H3,(H,15,16). The highest BCUT2D eigenvalue weighted by atomic mass is 16.5. The minimum absolute atomic E-state index is 0.0196. The highest BCUT2D eigenvalue weighted by Gasteiger charge is 2.09. The van der Waals surface area contributed by atoms with E-state index in [2.05, 4.69) is 6.92 Å². The molecule has 106 valence electrons. The zero-order chi connectivity index (χ0) is 13.8. The number of carbonyl (C=O) groups excluding carboxylic acids is 1. The van der Waals surface area contributed by atoms with Crippen LogP contribution >= 0.6 is 0 Å². The van der Waals surface area contributed by atoms with Gasteiger partial charge in [0.2, 0.25) is 0 Å². The van der Waals surface area contributed by atoms with E-state index in [0.29, 0.717) is 19.3 Å². The van der Waals surface area contributed by atoms with Crippen molar-refractivity contribution in [2.45, 2.75) is 77.7 Å². The molecule has 1 unspecified atom stereocenters. The highest BCUT2D eigenvalue weighted by molar-refractivity contribution is 5.70. The normalized spacial score (nSPS) is 12.1. The second-order valence-corrected chi connectivity index (χ2v) is 4.75. The van der Waals surface area contributed by atoms with Gasteiger partial charge in [-0.05, 0) is 32.6 Å². The molecule has 0 rings (SSSR count). The maximum atomic E-state index is 11.4. The molecule has 0 saturated heterocycles. The lowest BCUT2D eigenvalue weighted by Crippen LogP contribution is -2.14. The van der Waals surface area contributed by atoms with Crippen LogP contribution in [0, 0.1) is 0 Å².